The Labute approximate surface area is 155 Å². The lowest BCUT2D eigenvalue weighted by molar-refractivity contribution is -0.143. The Balaban J connectivity index is 1.51. The Morgan fingerprint density at radius 3 is 2.70 bits per heavy atom. The van der Waals surface area contributed by atoms with Crippen molar-refractivity contribution in [3.8, 4) is 0 Å². The molecule has 2 heterocycles. The first-order valence-electron chi connectivity index (χ1n) is 8.19. The summed E-state index contributed by atoms with van der Waals surface area (Å²) in [5, 5.41) is 3.16. The Kier molecular flexibility index (Phi) is 5.41. The van der Waals surface area contributed by atoms with Gasteiger partial charge in [0.15, 0.2) is 6.61 Å². The zero-order valence-corrected chi connectivity index (χ0v) is 14.6. The molecule has 0 atom stereocenters. The average molecular weight is 363 g/mol. The van der Waals surface area contributed by atoms with Crippen LogP contribution in [0.5, 0.6) is 0 Å². The molecule has 0 fully saturated rings. The third-order valence-corrected chi connectivity index (χ3v) is 3.79. The van der Waals surface area contributed by atoms with Crippen molar-refractivity contribution in [2.24, 2.45) is 7.05 Å². The number of fused-ring (bicyclic) bond motifs is 1. The number of esters is 1. The van der Waals surface area contributed by atoms with Gasteiger partial charge in [0.25, 0.3) is 11.8 Å². The number of nitrogens with one attached hydrogen (secondary N) is 1. The lowest BCUT2D eigenvalue weighted by atomic mass is 10.2. The standard InChI is InChI=1S/C20H17N3O4/c1-23-12-4-7-17(23)20(26)22-18(24)13-27-19(25)11-10-15-9-8-14-5-2-3-6-16(14)21-15/h2-12H,13H2,1H3,(H,22,24,26)/b11-10+. The van der Waals surface area contributed by atoms with E-state index >= 15 is 0 Å². The normalized spacial score (nSPS) is 10.9. The van der Waals surface area contributed by atoms with Crippen LogP contribution in [0.2, 0.25) is 0 Å². The molecule has 0 saturated heterocycles. The SMILES string of the molecule is Cn1cccc1C(=O)NC(=O)COC(=O)/C=C/c1ccc2ccccc2n1. The molecule has 136 valence electrons. The molecule has 7 heteroatoms. The van der Waals surface area contributed by atoms with Crippen LogP contribution in [0.3, 0.4) is 0 Å². The molecule has 1 aromatic carbocycles. The monoisotopic (exact) mass is 363 g/mol. The predicted octanol–water partition coefficient (Wildman–Crippen LogP) is 2.09. The highest BCUT2D eigenvalue weighted by Gasteiger charge is 2.13. The Morgan fingerprint density at radius 2 is 1.93 bits per heavy atom. The second-order valence-electron chi connectivity index (χ2n) is 5.75. The number of rotatable bonds is 5. The van der Waals surface area contributed by atoms with Crippen LogP contribution in [0.1, 0.15) is 16.2 Å². The van der Waals surface area contributed by atoms with Crippen molar-refractivity contribution >= 4 is 34.8 Å². The van der Waals surface area contributed by atoms with Crippen LogP contribution in [0, 0.1) is 0 Å². The smallest absolute Gasteiger partial charge is 0.331 e. The molecule has 0 radical (unpaired) electrons. The predicted molar refractivity (Wildman–Crippen MR) is 99.6 cm³/mol. The maximum Gasteiger partial charge on any atom is 0.331 e. The van der Waals surface area contributed by atoms with Crippen LogP contribution in [-0.2, 0) is 21.4 Å². The highest BCUT2D eigenvalue weighted by Crippen LogP contribution is 2.12. The molecule has 0 bridgehead atoms. The molecule has 0 aliphatic carbocycles. The highest BCUT2D eigenvalue weighted by atomic mass is 16.5. The van der Waals surface area contributed by atoms with Crippen LogP contribution >= 0.6 is 0 Å². The number of amides is 2. The van der Waals surface area contributed by atoms with Crippen LogP contribution in [0.15, 0.2) is 60.8 Å². The van der Waals surface area contributed by atoms with Crippen molar-refractivity contribution in [2.45, 2.75) is 0 Å². The van der Waals surface area contributed by atoms with Crippen LogP contribution in [-0.4, -0.2) is 33.9 Å². The summed E-state index contributed by atoms with van der Waals surface area (Å²) >= 11 is 0. The van der Waals surface area contributed by atoms with Gasteiger partial charge in [0.1, 0.15) is 5.69 Å². The quantitative estimate of drug-likeness (QED) is 0.554. The fourth-order valence-electron chi connectivity index (χ4n) is 2.44. The maximum absolute atomic E-state index is 11.9. The number of aryl methyl sites for hydroxylation is 1. The second kappa shape index (κ2) is 8.09. The van der Waals surface area contributed by atoms with E-state index < -0.39 is 24.4 Å². The number of hydrogen-bond donors (Lipinski definition) is 1. The summed E-state index contributed by atoms with van der Waals surface area (Å²) in [6.45, 7) is -0.551. The van der Waals surface area contributed by atoms with Gasteiger partial charge in [-0.2, -0.15) is 0 Å². The van der Waals surface area contributed by atoms with Crippen molar-refractivity contribution in [3.63, 3.8) is 0 Å². The van der Waals surface area contributed by atoms with Crippen molar-refractivity contribution in [1.82, 2.24) is 14.9 Å². The third kappa shape index (κ3) is 4.66. The molecule has 27 heavy (non-hydrogen) atoms. The first kappa shape index (κ1) is 18.1. The van der Waals surface area contributed by atoms with E-state index in [1.54, 1.807) is 36.0 Å². The van der Waals surface area contributed by atoms with Crippen molar-refractivity contribution in [2.75, 3.05) is 6.61 Å². The fraction of sp³-hybridized carbons (Fsp3) is 0.100. The summed E-state index contributed by atoms with van der Waals surface area (Å²) < 4.78 is 6.41. The number of aromatic nitrogens is 2. The molecule has 7 nitrogen and oxygen atoms in total. The molecule has 1 N–H and O–H groups in total. The third-order valence-electron chi connectivity index (χ3n) is 3.79. The Bertz CT molecular complexity index is 1040. The van der Waals surface area contributed by atoms with E-state index in [2.05, 4.69) is 10.3 Å². The van der Waals surface area contributed by atoms with Crippen molar-refractivity contribution in [1.29, 1.82) is 0 Å². The fourth-order valence-corrected chi connectivity index (χ4v) is 2.44. The number of carbonyl (C=O) groups is 3. The molecule has 0 unspecified atom stereocenters. The largest absolute Gasteiger partial charge is 0.452 e. The maximum atomic E-state index is 11.9. The number of para-hydroxylation sites is 1. The summed E-state index contributed by atoms with van der Waals surface area (Å²) in [5.41, 5.74) is 1.73. The van der Waals surface area contributed by atoms with E-state index in [-0.39, 0.29) is 0 Å². The van der Waals surface area contributed by atoms with Gasteiger partial charge in [-0.25, -0.2) is 9.78 Å². The van der Waals surface area contributed by atoms with Gasteiger partial charge in [0.05, 0.1) is 11.2 Å². The first-order chi connectivity index (χ1) is 13.0. The van der Waals surface area contributed by atoms with Crippen LogP contribution in [0.4, 0.5) is 0 Å². The van der Waals surface area contributed by atoms with Gasteiger partial charge in [0, 0.05) is 24.7 Å². The number of carbonyl (C=O) groups excluding carboxylic acids is 3. The highest BCUT2D eigenvalue weighted by molar-refractivity contribution is 6.04. The number of hydrogen-bond acceptors (Lipinski definition) is 5. The zero-order chi connectivity index (χ0) is 19.2. The molecule has 3 aromatic rings. The van der Waals surface area contributed by atoms with Gasteiger partial charge in [0.2, 0.25) is 0 Å². The molecular formula is C20H17N3O4. The number of nitrogens with zero attached hydrogens (tertiary/aromatic N) is 2. The van der Waals surface area contributed by atoms with Crippen LogP contribution in [0.25, 0.3) is 17.0 Å². The summed E-state index contributed by atoms with van der Waals surface area (Å²) in [5.74, 6) is -1.96. The van der Waals surface area contributed by atoms with E-state index in [4.69, 9.17) is 4.74 Å². The summed E-state index contributed by atoms with van der Waals surface area (Å²) in [4.78, 5) is 39.8. The zero-order valence-electron chi connectivity index (χ0n) is 14.6. The Morgan fingerprint density at radius 1 is 1.11 bits per heavy atom. The minimum Gasteiger partial charge on any atom is -0.452 e. The van der Waals surface area contributed by atoms with E-state index in [1.165, 1.54) is 12.2 Å². The number of pyridine rings is 1. The van der Waals surface area contributed by atoms with Gasteiger partial charge in [-0.15, -0.1) is 0 Å². The molecule has 3 rings (SSSR count). The summed E-state index contributed by atoms with van der Waals surface area (Å²) in [6, 6.07) is 14.6. The van der Waals surface area contributed by atoms with Gasteiger partial charge in [-0.05, 0) is 30.3 Å². The van der Waals surface area contributed by atoms with Crippen molar-refractivity contribution in [3.05, 3.63) is 72.2 Å². The van der Waals surface area contributed by atoms with Gasteiger partial charge >= 0.3 is 5.97 Å². The topological polar surface area (TPSA) is 90.3 Å². The lowest BCUT2D eigenvalue weighted by Crippen LogP contribution is -2.34. The van der Waals surface area contributed by atoms with Crippen molar-refractivity contribution < 1.29 is 19.1 Å². The molecular weight excluding hydrogens is 346 g/mol. The van der Waals surface area contributed by atoms with Gasteiger partial charge < -0.3 is 9.30 Å². The van der Waals surface area contributed by atoms with E-state index in [1.807, 2.05) is 30.3 Å². The summed E-state index contributed by atoms with van der Waals surface area (Å²) in [6.07, 6.45) is 4.37. The first-order valence-corrected chi connectivity index (χ1v) is 8.19. The number of benzene rings is 1. The van der Waals surface area contributed by atoms with Gasteiger partial charge in [-0.1, -0.05) is 24.3 Å². The molecule has 0 spiro atoms. The average Bonchev–Trinajstić information content (AvgIpc) is 3.10. The molecule has 0 saturated carbocycles. The lowest BCUT2D eigenvalue weighted by Gasteiger charge is -2.05. The number of ether oxygens (including phenoxy) is 1. The summed E-state index contributed by atoms with van der Waals surface area (Å²) in [7, 11) is 1.69. The molecule has 2 amide bonds. The van der Waals surface area contributed by atoms with E-state index in [9.17, 15) is 14.4 Å². The van der Waals surface area contributed by atoms with E-state index in [0.717, 1.165) is 10.9 Å². The number of imide groups is 1. The van der Waals surface area contributed by atoms with E-state index in [0.29, 0.717) is 11.4 Å². The minimum atomic E-state index is -0.702. The minimum absolute atomic E-state index is 0.331. The molecule has 0 aliphatic heterocycles. The second-order valence-corrected chi connectivity index (χ2v) is 5.75. The molecule has 2 aromatic heterocycles. The Hall–Kier alpha value is -3.74. The van der Waals surface area contributed by atoms with Crippen LogP contribution < -0.4 is 5.32 Å². The van der Waals surface area contributed by atoms with Gasteiger partial charge in [-0.3, -0.25) is 14.9 Å². The molecule has 0 aliphatic rings.